The maximum Gasteiger partial charge on any atom is 0.289 e. The average molecular weight is 394 g/mol. The number of rotatable bonds is 5. The molecular weight excluding hydrogens is 379 g/mol. The molecule has 0 aromatic heterocycles. The molecule has 6 nitrogen and oxygen atoms in total. The van der Waals surface area contributed by atoms with Gasteiger partial charge >= 0.3 is 0 Å². The first kappa shape index (κ1) is 18.4. The Balaban J connectivity index is 1.74. The number of sulfonamides is 1. The number of benzene rings is 2. The molecule has 1 aliphatic heterocycles. The first-order chi connectivity index (χ1) is 12.3. The van der Waals surface area contributed by atoms with Crippen molar-refractivity contribution in [2.24, 2.45) is 0 Å². The SMILES string of the molecule is Cc1cc(F)ccc1S(=O)(=O)Nc1ccc(CN2C(=O)CSC2=O)cc1. The Bertz CT molecular complexity index is 959. The van der Waals surface area contributed by atoms with E-state index in [1.54, 1.807) is 24.3 Å². The van der Waals surface area contributed by atoms with Crippen molar-refractivity contribution in [1.29, 1.82) is 0 Å². The van der Waals surface area contributed by atoms with Crippen molar-refractivity contribution in [3.63, 3.8) is 0 Å². The van der Waals surface area contributed by atoms with Gasteiger partial charge in [-0.3, -0.25) is 19.2 Å². The zero-order valence-electron chi connectivity index (χ0n) is 13.7. The van der Waals surface area contributed by atoms with Crippen LogP contribution in [0.3, 0.4) is 0 Å². The Labute approximate surface area is 154 Å². The number of thioether (sulfide) groups is 1. The van der Waals surface area contributed by atoms with E-state index in [1.807, 2.05) is 0 Å². The molecule has 0 aliphatic carbocycles. The molecule has 26 heavy (non-hydrogen) atoms. The lowest BCUT2D eigenvalue weighted by atomic mass is 10.2. The van der Waals surface area contributed by atoms with E-state index in [2.05, 4.69) is 4.72 Å². The van der Waals surface area contributed by atoms with Crippen LogP contribution in [0.1, 0.15) is 11.1 Å². The predicted molar refractivity (Wildman–Crippen MR) is 96.8 cm³/mol. The minimum atomic E-state index is -3.85. The Morgan fingerprint density at radius 3 is 2.42 bits per heavy atom. The number of imide groups is 1. The Morgan fingerprint density at radius 1 is 1.15 bits per heavy atom. The highest BCUT2D eigenvalue weighted by Crippen LogP contribution is 2.23. The van der Waals surface area contributed by atoms with Crippen molar-refractivity contribution in [2.75, 3.05) is 10.5 Å². The maximum atomic E-state index is 13.2. The zero-order valence-corrected chi connectivity index (χ0v) is 15.4. The third-order valence-corrected chi connectivity index (χ3v) is 6.21. The van der Waals surface area contributed by atoms with Crippen molar-refractivity contribution in [3.05, 3.63) is 59.4 Å². The van der Waals surface area contributed by atoms with E-state index >= 15 is 0 Å². The second-order valence-electron chi connectivity index (χ2n) is 5.75. The fraction of sp³-hybridized carbons (Fsp3) is 0.176. The van der Waals surface area contributed by atoms with Gasteiger partial charge in [0.15, 0.2) is 0 Å². The Kier molecular flexibility index (Phi) is 5.01. The van der Waals surface area contributed by atoms with Gasteiger partial charge in [0.25, 0.3) is 15.3 Å². The molecular formula is C17H15FN2O4S2. The molecule has 0 radical (unpaired) electrons. The molecule has 0 unspecified atom stereocenters. The van der Waals surface area contributed by atoms with Crippen molar-refractivity contribution in [3.8, 4) is 0 Å². The van der Waals surface area contributed by atoms with Crippen LogP contribution in [-0.2, 0) is 21.4 Å². The first-order valence-corrected chi connectivity index (χ1v) is 10.1. The van der Waals surface area contributed by atoms with Crippen molar-refractivity contribution >= 4 is 38.6 Å². The molecule has 136 valence electrons. The summed E-state index contributed by atoms with van der Waals surface area (Å²) < 4.78 is 40.5. The highest BCUT2D eigenvalue weighted by atomic mass is 32.2. The number of hydrogen-bond acceptors (Lipinski definition) is 5. The third kappa shape index (κ3) is 3.88. The molecule has 0 atom stereocenters. The number of carbonyl (C=O) groups is 2. The highest BCUT2D eigenvalue weighted by Gasteiger charge is 2.29. The number of nitrogens with one attached hydrogen (secondary N) is 1. The molecule has 1 saturated heterocycles. The summed E-state index contributed by atoms with van der Waals surface area (Å²) in [6, 6.07) is 9.82. The minimum Gasteiger partial charge on any atom is -0.280 e. The van der Waals surface area contributed by atoms with Crippen LogP contribution in [-0.4, -0.2) is 30.2 Å². The van der Waals surface area contributed by atoms with Crippen molar-refractivity contribution in [1.82, 2.24) is 4.90 Å². The summed E-state index contributed by atoms with van der Waals surface area (Å²) in [5.74, 6) is -0.597. The molecule has 1 aliphatic rings. The molecule has 3 rings (SSSR count). The number of nitrogens with zero attached hydrogens (tertiary/aromatic N) is 1. The monoisotopic (exact) mass is 394 g/mol. The normalized spacial score (nSPS) is 14.8. The van der Waals surface area contributed by atoms with Gasteiger partial charge < -0.3 is 0 Å². The van der Waals surface area contributed by atoms with Gasteiger partial charge in [-0.1, -0.05) is 23.9 Å². The molecule has 2 aromatic carbocycles. The van der Waals surface area contributed by atoms with Gasteiger partial charge in [-0.25, -0.2) is 12.8 Å². The molecule has 0 bridgehead atoms. The Hall–Kier alpha value is -2.39. The summed E-state index contributed by atoms with van der Waals surface area (Å²) in [7, 11) is -3.85. The second kappa shape index (κ2) is 7.08. The quantitative estimate of drug-likeness (QED) is 0.842. The lowest BCUT2D eigenvalue weighted by Gasteiger charge is -2.14. The van der Waals surface area contributed by atoms with Gasteiger partial charge in [0.05, 0.1) is 17.2 Å². The molecule has 0 spiro atoms. The number of aryl methyl sites for hydroxylation is 1. The maximum absolute atomic E-state index is 13.2. The fourth-order valence-electron chi connectivity index (χ4n) is 2.52. The van der Waals surface area contributed by atoms with Gasteiger partial charge in [0.2, 0.25) is 5.91 Å². The topological polar surface area (TPSA) is 83.6 Å². The number of halogens is 1. The van der Waals surface area contributed by atoms with Gasteiger partial charge in [-0.05, 0) is 48.4 Å². The van der Waals surface area contributed by atoms with Gasteiger partial charge in [-0.2, -0.15) is 0 Å². The lowest BCUT2D eigenvalue weighted by molar-refractivity contribution is -0.125. The van der Waals surface area contributed by atoms with Gasteiger partial charge in [0.1, 0.15) is 5.82 Å². The standard InChI is InChI=1S/C17H15FN2O4S2/c1-11-8-13(18)4-7-15(11)26(23,24)19-14-5-2-12(3-6-14)9-20-16(21)10-25-17(20)22/h2-8,19H,9-10H2,1H3. The van der Waals surface area contributed by atoms with Crippen LogP contribution < -0.4 is 4.72 Å². The minimum absolute atomic E-state index is 0.00624. The van der Waals surface area contributed by atoms with E-state index in [9.17, 15) is 22.4 Å². The number of amides is 2. The average Bonchev–Trinajstić information content (AvgIpc) is 2.88. The van der Waals surface area contributed by atoms with Gasteiger partial charge in [-0.15, -0.1) is 0 Å². The van der Waals surface area contributed by atoms with Crippen LogP contribution in [0.15, 0.2) is 47.4 Å². The lowest BCUT2D eigenvalue weighted by Crippen LogP contribution is -2.27. The Morgan fingerprint density at radius 2 is 1.85 bits per heavy atom. The van der Waals surface area contributed by atoms with Crippen LogP contribution in [0.4, 0.5) is 14.9 Å². The van der Waals surface area contributed by atoms with E-state index < -0.39 is 15.8 Å². The van der Waals surface area contributed by atoms with E-state index in [4.69, 9.17) is 0 Å². The second-order valence-corrected chi connectivity index (χ2v) is 8.32. The molecule has 1 N–H and O–H groups in total. The summed E-state index contributed by atoms with van der Waals surface area (Å²) in [6.45, 7) is 1.66. The predicted octanol–water partition coefficient (Wildman–Crippen LogP) is 3.13. The zero-order chi connectivity index (χ0) is 18.9. The summed E-state index contributed by atoms with van der Waals surface area (Å²) in [5, 5.41) is -0.286. The summed E-state index contributed by atoms with van der Waals surface area (Å²) in [6.07, 6.45) is 0. The van der Waals surface area contributed by atoms with Crippen LogP contribution in [0.5, 0.6) is 0 Å². The highest BCUT2D eigenvalue weighted by molar-refractivity contribution is 8.14. The van der Waals surface area contributed by atoms with Gasteiger partial charge in [0, 0.05) is 5.69 Å². The first-order valence-electron chi connectivity index (χ1n) is 7.61. The van der Waals surface area contributed by atoms with E-state index in [1.165, 1.54) is 13.0 Å². The van der Waals surface area contributed by atoms with Crippen LogP contribution in [0, 0.1) is 12.7 Å². The smallest absolute Gasteiger partial charge is 0.280 e. The van der Waals surface area contributed by atoms with E-state index in [0.717, 1.165) is 28.8 Å². The fourth-order valence-corrected chi connectivity index (χ4v) is 4.53. The van der Waals surface area contributed by atoms with Crippen molar-refractivity contribution in [2.45, 2.75) is 18.4 Å². The van der Waals surface area contributed by atoms with E-state index in [0.29, 0.717) is 16.8 Å². The molecule has 1 fully saturated rings. The number of carbonyl (C=O) groups excluding carboxylic acids is 2. The molecule has 2 amide bonds. The molecule has 9 heteroatoms. The third-order valence-electron chi connectivity index (χ3n) is 3.81. The van der Waals surface area contributed by atoms with Crippen LogP contribution in [0.25, 0.3) is 0 Å². The van der Waals surface area contributed by atoms with Crippen molar-refractivity contribution < 1.29 is 22.4 Å². The van der Waals surface area contributed by atoms with Crippen LogP contribution in [0.2, 0.25) is 0 Å². The number of hydrogen-bond donors (Lipinski definition) is 1. The molecule has 2 aromatic rings. The summed E-state index contributed by atoms with van der Waals surface area (Å²) >= 11 is 0.963. The van der Waals surface area contributed by atoms with E-state index in [-0.39, 0.29) is 28.3 Å². The van der Waals surface area contributed by atoms with Crippen LogP contribution >= 0.6 is 11.8 Å². The number of anilines is 1. The molecule has 1 heterocycles. The summed E-state index contributed by atoms with van der Waals surface area (Å²) in [4.78, 5) is 24.4. The largest absolute Gasteiger partial charge is 0.289 e. The molecule has 0 saturated carbocycles. The summed E-state index contributed by atoms with van der Waals surface area (Å²) in [5.41, 5.74) is 1.33.